The Morgan fingerprint density at radius 3 is 2.65 bits per heavy atom. The van der Waals surface area contributed by atoms with E-state index >= 15 is 0 Å². The molecule has 2 N–H and O–H groups in total. The Labute approximate surface area is 97.9 Å². The molecule has 4 aromatic rings. The lowest BCUT2D eigenvalue weighted by Gasteiger charge is -1.90. The number of fused-ring (bicyclic) bond motifs is 4. The van der Waals surface area contributed by atoms with Crippen LogP contribution in [-0.4, -0.2) is 4.98 Å². The van der Waals surface area contributed by atoms with Crippen LogP contribution >= 0.6 is 0 Å². The Bertz CT molecular complexity index is 837. The van der Waals surface area contributed by atoms with Gasteiger partial charge >= 0.3 is 0 Å². The second-order valence-electron chi connectivity index (χ2n) is 4.32. The van der Waals surface area contributed by atoms with Crippen LogP contribution in [0.4, 0.5) is 0 Å². The minimum Gasteiger partial charge on any atom is -0.349 e. The van der Waals surface area contributed by atoms with E-state index < -0.39 is 0 Å². The van der Waals surface area contributed by atoms with Crippen LogP contribution in [0.2, 0.25) is 0 Å². The molecule has 2 nitrogen and oxygen atoms in total. The molecule has 0 fully saturated rings. The van der Waals surface area contributed by atoms with Crippen molar-refractivity contribution in [2.45, 2.75) is 0 Å². The minimum absolute atomic E-state index is 1.16. The first-order chi connectivity index (χ1) is 8.42. The average molecular weight is 219 g/mol. The van der Waals surface area contributed by atoms with Crippen molar-refractivity contribution in [3.05, 3.63) is 54.6 Å². The van der Waals surface area contributed by atoms with Crippen molar-refractivity contribution < 1.29 is 4.98 Å². The summed E-state index contributed by atoms with van der Waals surface area (Å²) in [5, 5.41) is 2.47. The van der Waals surface area contributed by atoms with E-state index in [0.717, 1.165) is 5.52 Å². The molecule has 0 aliphatic carbocycles. The topological polar surface area (TPSA) is 29.9 Å². The summed E-state index contributed by atoms with van der Waals surface area (Å²) in [5.41, 5.74) is 4.68. The molecule has 2 aromatic carbocycles. The number of hydrogen-bond acceptors (Lipinski definition) is 0. The number of H-pyrrole nitrogens is 2. The molecule has 2 aromatic heterocycles. The van der Waals surface area contributed by atoms with Crippen molar-refractivity contribution in [1.29, 1.82) is 0 Å². The van der Waals surface area contributed by atoms with Gasteiger partial charge in [0.1, 0.15) is 5.52 Å². The molecule has 0 atom stereocenters. The van der Waals surface area contributed by atoms with Crippen LogP contribution in [-0.2, 0) is 0 Å². The maximum atomic E-state index is 3.50. The molecule has 17 heavy (non-hydrogen) atoms. The van der Waals surface area contributed by atoms with Gasteiger partial charge in [0, 0.05) is 11.5 Å². The van der Waals surface area contributed by atoms with Gasteiger partial charge in [0.25, 0.3) is 0 Å². The Morgan fingerprint density at radius 1 is 0.824 bits per heavy atom. The Morgan fingerprint density at radius 2 is 1.65 bits per heavy atom. The first kappa shape index (κ1) is 8.76. The molecule has 0 radical (unpaired) electrons. The molecule has 0 bridgehead atoms. The summed E-state index contributed by atoms with van der Waals surface area (Å²) in [6.07, 6.45) is 0. The van der Waals surface area contributed by atoms with E-state index in [-0.39, 0.29) is 0 Å². The number of benzene rings is 2. The maximum Gasteiger partial charge on any atom is 0.237 e. The Balaban J connectivity index is 2.28. The number of hydrogen-bond donors (Lipinski definition) is 1. The molecule has 80 valence electrons. The zero-order valence-corrected chi connectivity index (χ0v) is 9.20. The standard InChI is InChI=1S/C15H10N2/c1-3-7-12-10(5-1)9-14-15(17-12)11-6-2-4-8-13(11)16-14/h1-9,16H/p+1. The Kier molecular flexibility index (Phi) is 1.59. The van der Waals surface area contributed by atoms with Crippen molar-refractivity contribution in [2.75, 3.05) is 0 Å². The van der Waals surface area contributed by atoms with Gasteiger partial charge in [0.15, 0.2) is 0 Å². The summed E-state index contributed by atoms with van der Waals surface area (Å²) < 4.78 is 0. The van der Waals surface area contributed by atoms with Crippen molar-refractivity contribution in [3.63, 3.8) is 0 Å². The second-order valence-corrected chi connectivity index (χ2v) is 4.32. The fraction of sp³-hybridized carbons (Fsp3) is 0. The van der Waals surface area contributed by atoms with Gasteiger partial charge in [-0.05, 0) is 24.3 Å². The van der Waals surface area contributed by atoms with E-state index in [1.165, 1.54) is 27.3 Å². The van der Waals surface area contributed by atoms with Crippen molar-refractivity contribution in [2.24, 2.45) is 0 Å². The zero-order valence-electron chi connectivity index (χ0n) is 9.20. The third-order valence-electron chi connectivity index (χ3n) is 3.26. The van der Waals surface area contributed by atoms with Gasteiger partial charge in [0.05, 0.1) is 10.9 Å². The first-order valence-electron chi connectivity index (χ1n) is 5.73. The molecule has 2 heterocycles. The first-order valence-corrected chi connectivity index (χ1v) is 5.73. The van der Waals surface area contributed by atoms with Crippen molar-refractivity contribution in [3.8, 4) is 0 Å². The molecule has 0 unspecified atom stereocenters. The summed E-state index contributed by atoms with van der Waals surface area (Å²) in [5.74, 6) is 0. The molecule has 0 aliphatic rings. The predicted octanol–water partition coefficient (Wildman–Crippen LogP) is 3.29. The van der Waals surface area contributed by atoms with Crippen LogP contribution in [0.1, 0.15) is 0 Å². The summed E-state index contributed by atoms with van der Waals surface area (Å²) in [7, 11) is 0. The molecule has 4 rings (SSSR count). The number of aromatic amines is 2. The SMILES string of the molecule is c1ccc2[nH+]c3c(cc2c1)[nH]c1ccccc13. The number of aromatic nitrogens is 2. The van der Waals surface area contributed by atoms with Gasteiger partial charge in [0.2, 0.25) is 11.0 Å². The molecule has 0 saturated carbocycles. The maximum absolute atomic E-state index is 3.50. The summed E-state index contributed by atoms with van der Waals surface area (Å²) >= 11 is 0. The van der Waals surface area contributed by atoms with Gasteiger partial charge in [-0.3, -0.25) is 0 Å². The molecular weight excluding hydrogens is 208 g/mol. The molecule has 0 amide bonds. The van der Waals surface area contributed by atoms with E-state index in [9.17, 15) is 0 Å². The number of rotatable bonds is 0. The van der Waals surface area contributed by atoms with Crippen molar-refractivity contribution >= 4 is 32.8 Å². The highest BCUT2D eigenvalue weighted by Gasteiger charge is 2.11. The van der Waals surface area contributed by atoms with Gasteiger partial charge in [-0.1, -0.05) is 24.3 Å². The van der Waals surface area contributed by atoms with Gasteiger partial charge in [-0.2, -0.15) is 0 Å². The quantitative estimate of drug-likeness (QED) is 0.470. The van der Waals surface area contributed by atoms with Gasteiger partial charge in [-0.25, -0.2) is 4.98 Å². The van der Waals surface area contributed by atoms with Crippen LogP contribution in [0.5, 0.6) is 0 Å². The number of nitrogens with one attached hydrogen (secondary N) is 2. The van der Waals surface area contributed by atoms with Crippen LogP contribution in [0.25, 0.3) is 32.8 Å². The highest BCUT2D eigenvalue weighted by atomic mass is 14.8. The van der Waals surface area contributed by atoms with E-state index in [2.05, 4.69) is 64.6 Å². The Hall–Kier alpha value is -2.35. The molecule has 2 heteroatoms. The average Bonchev–Trinajstić information content (AvgIpc) is 2.73. The van der Waals surface area contributed by atoms with E-state index in [4.69, 9.17) is 0 Å². The largest absolute Gasteiger partial charge is 0.349 e. The third kappa shape index (κ3) is 1.18. The van der Waals surface area contributed by atoms with E-state index in [0.29, 0.717) is 0 Å². The monoisotopic (exact) mass is 219 g/mol. The molecule has 0 spiro atoms. The third-order valence-corrected chi connectivity index (χ3v) is 3.26. The number of para-hydroxylation sites is 2. The summed E-state index contributed by atoms with van der Waals surface area (Å²) in [6, 6.07) is 18.9. The van der Waals surface area contributed by atoms with E-state index in [1.54, 1.807) is 0 Å². The normalized spacial score (nSPS) is 11.5. The van der Waals surface area contributed by atoms with Crippen LogP contribution in [0.3, 0.4) is 0 Å². The fourth-order valence-electron chi connectivity index (χ4n) is 2.43. The highest BCUT2D eigenvalue weighted by molar-refractivity contribution is 6.05. The van der Waals surface area contributed by atoms with Crippen LogP contribution in [0.15, 0.2) is 54.6 Å². The smallest absolute Gasteiger partial charge is 0.237 e. The lowest BCUT2D eigenvalue weighted by Crippen LogP contribution is -2.03. The molecule has 0 saturated heterocycles. The lowest BCUT2D eigenvalue weighted by atomic mass is 10.2. The highest BCUT2D eigenvalue weighted by Crippen LogP contribution is 2.23. The minimum atomic E-state index is 1.16. The molecule has 0 aliphatic heterocycles. The zero-order chi connectivity index (χ0) is 11.2. The summed E-state index contributed by atoms with van der Waals surface area (Å²) in [4.78, 5) is 6.94. The van der Waals surface area contributed by atoms with Crippen molar-refractivity contribution in [1.82, 2.24) is 4.98 Å². The van der Waals surface area contributed by atoms with Gasteiger partial charge in [-0.15, -0.1) is 0 Å². The van der Waals surface area contributed by atoms with E-state index in [1.807, 2.05) is 0 Å². The molecular formula is C15H11N2+. The predicted molar refractivity (Wildman–Crippen MR) is 69.9 cm³/mol. The van der Waals surface area contributed by atoms with Gasteiger partial charge < -0.3 is 4.98 Å². The lowest BCUT2D eigenvalue weighted by molar-refractivity contribution is -0.309. The van der Waals surface area contributed by atoms with Crippen LogP contribution < -0.4 is 4.98 Å². The summed E-state index contributed by atoms with van der Waals surface area (Å²) in [6.45, 7) is 0. The second kappa shape index (κ2) is 3.08. The fourth-order valence-corrected chi connectivity index (χ4v) is 2.43. The number of pyridine rings is 1. The van der Waals surface area contributed by atoms with Crippen LogP contribution in [0, 0.1) is 0 Å².